The Bertz CT molecular complexity index is 1020. The van der Waals surface area contributed by atoms with Crippen LogP contribution in [0.15, 0.2) is 36.5 Å². The predicted octanol–water partition coefficient (Wildman–Crippen LogP) is 4.52. The van der Waals surface area contributed by atoms with E-state index in [9.17, 15) is 5.11 Å². The molecule has 0 unspecified atom stereocenters. The van der Waals surface area contributed by atoms with Gasteiger partial charge in [-0.3, -0.25) is 0 Å². The molecule has 1 saturated heterocycles. The first-order valence-electron chi connectivity index (χ1n) is 9.49. The van der Waals surface area contributed by atoms with E-state index >= 15 is 0 Å². The second-order valence-corrected chi connectivity index (χ2v) is 7.96. The van der Waals surface area contributed by atoms with E-state index in [1.165, 1.54) is 0 Å². The average molecular weight is 433 g/mol. The molecule has 0 saturated carbocycles. The number of hydrogen-bond acceptors (Lipinski definition) is 6. The van der Waals surface area contributed by atoms with Crippen LogP contribution in [0.2, 0.25) is 10.0 Å². The number of fused-ring (bicyclic) bond motifs is 1. The number of anilines is 2. The number of hydrogen-bond donors (Lipinski definition) is 2. The molecule has 6 nitrogen and oxygen atoms in total. The standard InChI is InChI=1S/C21H22Cl2N4O2/c1-29-20-3-2-13(8-18(20)23)11-24-21-16-9-14(22)10-19(17(16)12-25-26-21)27-6-4-15(28)5-7-27/h2-3,8-10,12,15,28H,4-7,11H2,1H3,(H,24,26). The fourth-order valence-corrected chi connectivity index (χ4v) is 4.13. The fourth-order valence-electron chi connectivity index (χ4n) is 3.64. The molecule has 1 fully saturated rings. The second kappa shape index (κ2) is 8.61. The topological polar surface area (TPSA) is 70.5 Å². The van der Waals surface area contributed by atoms with Gasteiger partial charge in [0.15, 0.2) is 5.82 Å². The number of piperidine rings is 1. The Morgan fingerprint density at radius 3 is 2.69 bits per heavy atom. The molecule has 0 aliphatic carbocycles. The van der Waals surface area contributed by atoms with Gasteiger partial charge in [-0.05, 0) is 42.7 Å². The van der Waals surface area contributed by atoms with Crippen LogP contribution in [0.3, 0.4) is 0 Å². The van der Waals surface area contributed by atoms with Crippen molar-refractivity contribution in [3.05, 3.63) is 52.1 Å². The molecule has 0 bridgehead atoms. The van der Waals surface area contributed by atoms with Crippen molar-refractivity contribution in [2.45, 2.75) is 25.5 Å². The molecule has 2 N–H and O–H groups in total. The number of benzene rings is 2. The molecule has 0 atom stereocenters. The van der Waals surface area contributed by atoms with E-state index < -0.39 is 0 Å². The summed E-state index contributed by atoms with van der Waals surface area (Å²) < 4.78 is 5.20. The molecule has 1 aliphatic heterocycles. The number of rotatable bonds is 5. The highest BCUT2D eigenvalue weighted by Gasteiger charge is 2.20. The summed E-state index contributed by atoms with van der Waals surface area (Å²) in [6.45, 7) is 2.10. The molecule has 152 valence electrons. The summed E-state index contributed by atoms with van der Waals surface area (Å²) >= 11 is 12.7. The van der Waals surface area contributed by atoms with Crippen molar-refractivity contribution in [2.75, 3.05) is 30.4 Å². The molecule has 2 heterocycles. The van der Waals surface area contributed by atoms with Crippen molar-refractivity contribution < 1.29 is 9.84 Å². The maximum Gasteiger partial charge on any atom is 0.156 e. The lowest BCUT2D eigenvalue weighted by Crippen LogP contribution is -2.35. The summed E-state index contributed by atoms with van der Waals surface area (Å²) in [6.07, 6.45) is 3.03. The Morgan fingerprint density at radius 1 is 1.17 bits per heavy atom. The first kappa shape index (κ1) is 20.0. The van der Waals surface area contributed by atoms with Crippen LogP contribution in [0.1, 0.15) is 18.4 Å². The first-order valence-corrected chi connectivity index (χ1v) is 10.2. The van der Waals surface area contributed by atoms with Gasteiger partial charge in [-0.1, -0.05) is 29.3 Å². The highest BCUT2D eigenvalue weighted by Crippen LogP contribution is 2.35. The lowest BCUT2D eigenvalue weighted by Gasteiger charge is -2.32. The van der Waals surface area contributed by atoms with E-state index in [1.54, 1.807) is 13.3 Å². The summed E-state index contributed by atoms with van der Waals surface area (Å²) in [4.78, 5) is 2.25. The Kier molecular flexibility index (Phi) is 5.94. The van der Waals surface area contributed by atoms with Gasteiger partial charge in [0.2, 0.25) is 0 Å². The second-order valence-electron chi connectivity index (χ2n) is 7.12. The zero-order valence-electron chi connectivity index (χ0n) is 16.0. The summed E-state index contributed by atoms with van der Waals surface area (Å²) in [5.74, 6) is 1.30. The van der Waals surface area contributed by atoms with E-state index in [0.29, 0.717) is 28.2 Å². The number of aromatic nitrogens is 2. The van der Waals surface area contributed by atoms with Gasteiger partial charge in [-0.2, -0.15) is 5.10 Å². The maximum absolute atomic E-state index is 9.81. The Balaban J connectivity index is 1.63. The molecule has 1 aromatic heterocycles. The highest BCUT2D eigenvalue weighted by molar-refractivity contribution is 6.32. The number of aliphatic hydroxyl groups is 1. The zero-order valence-corrected chi connectivity index (χ0v) is 17.5. The molecule has 2 aromatic carbocycles. The van der Waals surface area contributed by atoms with E-state index in [0.717, 1.165) is 48.0 Å². The van der Waals surface area contributed by atoms with Crippen LogP contribution in [-0.4, -0.2) is 41.6 Å². The molecule has 3 aromatic rings. The molecule has 0 spiro atoms. The summed E-state index contributed by atoms with van der Waals surface area (Å²) in [5.41, 5.74) is 2.02. The number of halogens is 2. The van der Waals surface area contributed by atoms with Crippen molar-refractivity contribution >= 4 is 45.5 Å². The van der Waals surface area contributed by atoms with Crippen molar-refractivity contribution in [3.8, 4) is 5.75 Å². The average Bonchev–Trinajstić information content (AvgIpc) is 2.72. The van der Waals surface area contributed by atoms with Gasteiger partial charge in [0, 0.05) is 41.1 Å². The minimum absolute atomic E-state index is 0.231. The summed E-state index contributed by atoms with van der Waals surface area (Å²) in [6, 6.07) is 9.51. The zero-order chi connectivity index (χ0) is 20.4. The van der Waals surface area contributed by atoms with Gasteiger partial charge >= 0.3 is 0 Å². The van der Waals surface area contributed by atoms with E-state index in [1.807, 2.05) is 30.3 Å². The van der Waals surface area contributed by atoms with Crippen LogP contribution in [0.4, 0.5) is 11.5 Å². The Labute approximate surface area is 179 Å². The molecule has 1 aliphatic rings. The van der Waals surface area contributed by atoms with E-state index in [4.69, 9.17) is 27.9 Å². The van der Waals surface area contributed by atoms with Crippen LogP contribution < -0.4 is 15.0 Å². The van der Waals surface area contributed by atoms with Gasteiger partial charge < -0.3 is 20.1 Å². The van der Waals surface area contributed by atoms with Crippen LogP contribution in [-0.2, 0) is 6.54 Å². The van der Waals surface area contributed by atoms with Crippen LogP contribution >= 0.6 is 23.2 Å². The van der Waals surface area contributed by atoms with Crippen LogP contribution in [0.5, 0.6) is 5.75 Å². The molecule has 29 heavy (non-hydrogen) atoms. The predicted molar refractivity (Wildman–Crippen MR) is 117 cm³/mol. The number of methoxy groups -OCH3 is 1. The number of ether oxygens (including phenoxy) is 1. The minimum Gasteiger partial charge on any atom is -0.495 e. The van der Waals surface area contributed by atoms with Crippen LogP contribution in [0, 0.1) is 0 Å². The van der Waals surface area contributed by atoms with Crippen molar-refractivity contribution in [2.24, 2.45) is 0 Å². The van der Waals surface area contributed by atoms with Gasteiger partial charge in [0.1, 0.15) is 5.75 Å². The molecule has 8 heteroatoms. The first-order chi connectivity index (χ1) is 14.0. The van der Waals surface area contributed by atoms with Gasteiger partial charge in [0.05, 0.1) is 24.4 Å². The quantitative estimate of drug-likeness (QED) is 0.617. The third kappa shape index (κ3) is 4.34. The lowest BCUT2D eigenvalue weighted by molar-refractivity contribution is 0.145. The summed E-state index contributed by atoms with van der Waals surface area (Å²) in [7, 11) is 1.59. The van der Waals surface area contributed by atoms with Crippen LogP contribution in [0.25, 0.3) is 10.8 Å². The third-order valence-electron chi connectivity index (χ3n) is 5.20. The van der Waals surface area contributed by atoms with Crippen molar-refractivity contribution in [1.29, 1.82) is 0 Å². The lowest BCUT2D eigenvalue weighted by atomic mass is 10.0. The minimum atomic E-state index is -0.231. The molecule has 0 radical (unpaired) electrons. The molecule has 4 rings (SSSR count). The van der Waals surface area contributed by atoms with Gasteiger partial charge in [0.25, 0.3) is 0 Å². The number of nitrogens with one attached hydrogen (secondary N) is 1. The monoisotopic (exact) mass is 432 g/mol. The van der Waals surface area contributed by atoms with Crippen molar-refractivity contribution in [1.82, 2.24) is 10.2 Å². The normalized spacial score (nSPS) is 15.0. The maximum atomic E-state index is 9.81. The number of nitrogens with zero attached hydrogens (tertiary/aromatic N) is 3. The molecular weight excluding hydrogens is 411 g/mol. The summed E-state index contributed by atoms with van der Waals surface area (Å²) in [5, 5.41) is 24.7. The fraction of sp³-hybridized carbons (Fsp3) is 0.333. The van der Waals surface area contributed by atoms with Gasteiger partial charge in [-0.15, -0.1) is 5.10 Å². The highest BCUT2D eigenvalue weighted by atomic mass is 35.5. The van der Waals surface area contributed by atoms with Gasteiger partial charge in [-0.25, -0.2) is 0 Å². The number of aliphatic hydroxyl groups excluding tert-OH is 1. The Hall–Kier alpha value is -2.28. The van der Waals surface area contributed by atoms with E-state index in [2.05, 4.69) is 20.4 Å². The third-order valence-corrected chi connectivity index (χ3v) is 5.72. The van der Waals surface area contributed by atoms with E-state index in [-0.39, 0.29) is 6.10 Å². The SMILES string of the molecule is COc1ccc(CNc2nncc3c(N4CCC(O)CC4)cc(Cl)cc23)cc1Cl. The Morgan fingerprint density at radius 2 is 1.97 bits per heavy atom. The smallest absolute Gasteiger partial charge is 0.156 e. The van der Waals surface area contributed by atoms with Crippen molar-refractivity contribution in [3.63, 3.8) is 0 Å². The molecular formula is C21H22Cl2N4O2. The largest absolute Gasteiger partial charge is 0.495 e. The molecule has 0 amide bonds.